The van der Waals surface area contributed by atoms with E-state index in [1.165, 1.54) is 6.07 Å². The second-order valence-electron chi connectivity index (χ2n) is 4.62. The highest BCUT2D eigenvalue weighted by molar-refractivity contribution is 5.86. The molecule has 0 saturated carbocycles. The molecule has 1 aliphatic rings. The molecule has 0 bridgehead atoms. The number of hydrogen-bond donors (Lipinski definition) is 2. The first-order valence-electron chi connectivity index (χ1n) is 6.10. The molecular weight excluding hydrogens is 233 g/mol. The number of anilines is 1. The highest BCUT2D eigenvalue weighted by Crippen LogP contribution is 2.29. The van der Waals surface area contributed by atoms with Gasteiger partial charge in [-0.1, -0.05) is 6.07 Å². The number of carbonyl (C=O) groups is 1. The van der Waals surface area contributed by atoms with Crippen molar-refractivity contribution >= 4 is 11.6 Å². The van der Waals surface area contributed by atoms with Crippen LogP contribution in [0.5, 0.6) is 0 Å². The number of nitrogens with zero attached hydrogens (tertiary/aromatic N) is 1. The lowest BCUT2D eigenvalue weighted by Crippen LogP contribution is -2.54. The van der Waals surface area contributed by atoms with E-state index in [-0.39, 0.29) is 17.8 Å². The normalized spacial score (nSPS) is 21.7. The minimum Gasteiger partial charge on any atom is -0.358 e. The predicted octanol–water partition coefficient (Wildman–Crippen LogP) is 1.17. The van der Waals surface area contributed by atoms with Crippen molar-refractivity contribution < 1.29 is 9.18 Å². The SMILES string of the molecule is CC1C(=O)NCCN1c1cccc(F)c1[C@H](C)N. The van der Waals surface area contributed by atoms with Crippen LogP contribution in [0.25, 0.3) is 0 Å². The zero-order chi connectivity index (χ0) is 13.3. The molecule has 0 aromatic heterocycles. The van der Waals surface area contributed by atoms with Crippen molar-refractivity contribution in [1.82, 2.24) is 5.32 Å². The topological polar surface area (TPSA) is 58.4 Å². The summed E-state index contributed by atoms with van der Waals surface area (Å²) >= 11 is 0. The molecule has 3 N–H and O–H groups in total. The molecule has 1 amide bonds. The molecule has 18 heavy (non-hydrogen) atoms. The van der Waals surface area contributed by atoms with Gasteiger partial charge in [0.05, 0.1) is 0 Å². The Hall–Kier alpha value is -1.62. The van der Waals surface area contributed by atoms with E-state index in [0.29, 0.717) is 24.3 Å². The van der Waals surface area contributed by atoms with Crippen LogP contribution < -0.4 is 16.0 Å². The molecule has 2 atom stereocenters. The van der Waals surface area contributed by atoms with Crippen LogP contribution >= 0.6 is 0 Å². The van der Waals surface area contributed by atoms with Gasteiger partial charge in [-0.15, -0.1) is 0 Å². The lowest BCUT2D eigenvalue weighted by molar-refractivity contribution is -0.122. The molecule has 98 valence electrons. The third kappa shape index (κ3) is 2.18. The summed E-state index contributed by atoms with van der Waals surface area (Å²) in [6.07, 6.45) is 0. The summed E-state index contributed by atoms with van der Waals surface area (Å²) in [7, 11) is 0. The maximum absolute atomic E-state index is 13.9. The molecular formula is C13H18FN3O. The van der Waals surface area contributed by atoms with Crippen LogP contribution in [0.2, 0.25) is 0 Å². The van der Waals surface area contributed by atoms with Crippen molar-refractivity contribution in [2.24, 2.45) is 5.73 Å². The maximum atomic E-state index is 13.9. The zero-order valence-electron chi connectivity index (χ0n) is 10.6. The smallest absolute Gasteiger partial charge is 0.242 e. The number of halogens is 1. The first-order chi connectivity index (χ1) is 8.52. The van der Waals surface area contributed by atoms with Crippen LogP contribution in [0.3, 0.4) is 0 Å². The maximum Gasteiger partial charge on any atom is 0.242 e. The summed E-state index contributed by atoms with van der Waals surface area (Å²) in [5.74, 6) is -0.359. The van der Waals surface area contributed by atoms with Gasteiger partial charge < -0.3 is 16.0 Å². The van der Waals surface area contributed by atoms with Crippen molar-refractivity contribution in [3.05, 3.63) is 29.6 Å². The van der Waals surface area contributed by atoms with E-state index in [1.807, 2.05) is 17.9 Å². The summed E-state index contributed by atoms with van der Waals surface area (Å²) in [5, 5.41) is 2.79. The van der Waals surface area contributed by atoms with E-state index in [0.717, 1.165) is 0 Å². The van der Waals surface area contributed by atoms with Crippen molar-refractivity contribution in [3.63, 3.8) is 0 Å². The van der Waals surface area contributed by atoms with Crippen LogP contribution in [0.15, 0.2) is 18.2 Å². The highest BCUT2D eigenvalue weighted by atomic mass is 19.1. The van der Waals surface area contributed by atoms with Gasteiger partial charge >= 0.3 is 0 Å². The van der Waals surface area contributed by atoms with Gasteiger partial charge in [-0.3, -0.25) is 4.79 Å². The number of rotatable bonds is 2. The Bertz CT molecular complexity index is 462. The van der Waals surface area contributed by atoms with E-state index in [9.17, 15) is 9.18 Å². The Morgan fingerprint density at radius 1 is 1.56 bits per heavy atom. The van der Waals surface area contributed by atoms with Crippen LogP contribution in [0.4, 0.5) is 10.1 Å². The third-order valence-corrected chi connectivity index (χ3v) is 3.29. The van der Waals surface area contributed by atoms with Gasteiger partial charge in [-0.25, -0.2) is 4.39 Å². The second-order valence-corrected chi connectivity index (χ2v) is 4.62. The average Bonchev–Trinajstić information content (AvgIpc) is 2.32. The standard InChI is InChI=1S/C13H18FN3O/c1-8(15)12-10(14)4-3-5-11(12)17-7-6-16-13(18)9(17)2/h3-5,8-9H,6-7,15H2,1-2H3,(H,16,18)/t8-,9?/m0/s1. The van der Waals surface area contributed by atoms with Crippen LogP contribution in [-0.4, -0.2) is 25.0 Å². The first-order valence-corrected chi connectivity index (χ1v) is 6.10. The van der Waals surface area contributed by atoms with Gasteiger partial charge in [0.25, 0.3) is 0 Å². The second kappa shape index (κ2) is 4.94. The summed E-state index contributed by atoms with van der Waals surface area (Å²) < 4.78 is 13.9. The molecule has 1 fully saturated rings. The van der Waals surface area contributed by atoms with Crippen molar-refractivity contribution in [3.8, 4) is 0 Å². The lowest BCUT2D eigenvalue weighted by Gasteiger charge is -2.36. The van der Waals surface area contributed by atoms with Crippen molar-refractivity contribution in [2.75, 3.05) is 18.0 Å². The predicted molar refractivity (Wildman–Crippen MR) is 68.8 cm³/mol. The van der Waals surface area contributed by atoms with Crippen molar-refractivity contribution in [2.45, 2.75) is 25.9 Å². The van der Waals surface area contributed by atoms with Crippen molar-refractivity contribution in [1.29, 1.82) is 0 Å². The average molecular weight is 251 g/mol. The van der Waals surface area contributed by atoms with E-state index >= 15 is 0 Å². The van der Waals surface area contributed by atoms with E-state index in [4.69, 9.17) is 5.73 Å². The lowest BCUT2D eigenvalue weighted by atomic mass is 10.0. The summed E-state index contributed by atoms with van der Waals surface area (Å²) in [6.45, 7) is 4.79. The minimum absolute atomic E-state index is 0.0406. The quantitative estimate of drug-likeness (QED) is 0.829. The molecule has 1 unspecified atom stereocenters. The van der Waals surface area contributed by atoms with E-state index in [2.05, 4.69) is 5.32 Å². The minimum atomic E-state index is -0.404. The molecule has 1 aromatic rings. The fraction of sp³-hybridized carbons (Fsp3) is 0.462. The number of hydrogen-bond acceptors (Lipinski definition) is 3. The molecule has 1 heterocycles. The highest BCUT2D eigenvalue weighted by Gasteiger charge is 2.28. The summed E-state index contributed by atoms with van der Waals surface area (Å²) in [4.78, 5) is 13.6. The number of nitrogens with two attached hydrogens (primary N) is 1. The number of piperazine rings is 1. The number of amides is 1. The molecule has 0 aliphatic carbocycles. The summed E-state index contributed by atoms with van der Waals surface area (Å²) in [5.41, 5.74) is 7.02. The fourth-order valence-electron chi connectivity index (χ4n) is 2.34. The molecule has 1 aliphatic heterocycles. The molecule has 4 nitrogen and oxygen atoms in total. The zero-order valence-corrected chi connectivity index (χ0v) is 10.6. The van der Waals surface area contributed by atoms with E-state index in [1.54, 1.807) is 13.0 Å². The Kier molecular flexibility index (Phi) is 3.52. The monoisotopic (exact) mass is 251 g/mol. The molecule has 5 heteroatoms. The molecule has 1 saturated heterocycles. The van der Waals surface area contributed by atoms with Crippen LogP contribution in [-0.2, 0) is 4.79 Å². The Morgan fingerprint density at radius 3 is 2.94 bits per heavy atom. The van der Waals surface area contributed by atoms with Gasteiger partial charge in [0.1, 0.15) is 11.9 Å². The molecule has 0 spiro atoms. The van der Waals surface area contributed by atoms with E-state index < -0.39 is 6.04 Å². The summed E-state index contributed by atoms with van der Waals surface area (Å²) in [6, 6.07) is 4.15. The number of nitrogens with one attached hydrogen (secondary N) is 1. The van der Waals surface area contributed by atoms with Gasteiger partial charge in [-0.05, 0) is 26.0 Å². The fourth-order valence-corrected chi connectivity index (χ4v) is 2.34. The molecule has 1 aromatic carbocycles. The third-order valence-electron chi connectivity index (χ3n) is 3.29. The Balaban J connectivity index is 2.44. The van der Waals surface area contributed by atoms with Gasteiger partial charge in [0.2, 0.25) is 5.91 Å². The largest absolute Gasteiger partial charge is 0.358 e. The Labute approximate surface area is 106 Å². The molecule has 2 rings (SSSR count). The first kappa shape index (κ1) is 12.8. The van der Waals surface area contributed by atoms with Gasteiger partial charge in [0.15, 0.2) is 0 Å². The van der Waals surface area contributed by atoms with Gasteiger partial charge in [0, 0.05) is 30.4 Å². The van der Waals surface area contributed by atoms with Crippen LogP contribution in [0.1, 0.15) is 25.5 Å². The van der Waals surface area contributed by atoms with Crippen LogP contribution in [0, 0.1) is 5.82 Å². The van der Waals surface area contributed by atoms with Gasteiger partial charge in [-0.2, -0.15) is 0 Å². The number of carbonyl (C=O) groups excluding carboxylic acids is 1. The Morgan fingerprint density at radius 2 is 2.28 bits per heavy atom. The number of benzene rings is 1. The molecule has 0 radical (unpaired) electrons.